The molecule has 0 aliphatic heterocycles. The smallest absolute Gasteiger partial charge is 0.341 e. The Morgan fingerprint density at radius 3 is 2.50 bits per heavy atom. The van der Waals surface area contributed by atoms with Gasteiger partial charge in [-0.2, -0.15) is 0 Å². The van der Waals surface area contributed by atoms with Gasteiger partial charge in [-0.15, -0.1) is 11.3 Å². The first-order valence-corrected chi connectivity index (χ1v) is 10.2. The summed E-state index contributed by atoms with van der Waals surface area (Å²) in [6, 6.07) is 6.18. The number of nitrogens with one attached hydrogen (secondary N) is 1. The maximum absolute atomic E-state index is 12.4. The van der Waals surface area contributed by atoms with Gasteiger partial charge in [0.25, 0.3) is 5.91 Å². The van der Waals surface area contributed by atoms with Crippen molar-refractivity contribution >= 4 is 45.8 Å². The SMILES string of the molecule is CCOC(=O)c1c(NC(=O)COC(=O)c2ccc(Cl)cc2)sc2c1CCCC2. The summed E-state index contributed by atoms with van der Waals surface area (Å²) in [7, 11) is 0. The molecule has 1 aromatic heterocycles. The topological polar surface area (TPSA) is 81.7 Å². The minimum absolute atomic E-state index is 0.259. The molecular formula is C20H20ClNO5S. The van der Waals surface area contributed by atoms with Gasteiger partial charge in [-0.1, -0.05) is 11.6 Å². The number of hydrogen-bond acceptors (Lipinski definition) is 6. The molecule has 1 amide bonds. The van der Waals surface area contributed by atoms with E-state index in [-0.39, 0.29) is 6.61 Å². The molecular weight excluding hydrogens is 402 g/mol. The van der Waals surface area contributed by atoms with E-state index >= 15 is 0 Å². The van der Waals surface area contributed by atoms with Crippen LogP contribution in [0.4, 0.5) is 5.00 Å². The predicted molar refractivity (Wildman–Crippen MR) is 107 cm³/mol. The number of fused-ring (bicyclic) bond motifs is 1. The number of benzene rings is 1. The second-order valence-corrected chi connectivity index (χ2v) is 7.81. The van der Waals surface area contributed by atoms with Crippen molar-refractivity contribution in [3.05, 3.63) is 50.9 Å². The van der Waals surface area contributed by atoms with E-state index in [1.165, 1.54) is 23.5 Å². The average molecular weight is 422 g/mol. The normalized spacial score (nSPS) is 12.8. The number of anilines is 1. The zero-order chi connectivity index (χ0) is 20.1. The van der Waals surface area contributed by atoms with Gasteiger partial charge >= 0.3 is 11.9 Å². The molecule has 6 nitrogen and oxygen atoms in total. The Hall–Kier alpha value is -2.38. The van der Waals surface area contributed by atoms with Crippen LogP contribution in [0.3, 0.4) is 0 Å². The standard InChI is InChI=1S/C20H20ClNO5S/c1-2-26-20(25)17-14-5-3-4-6-15(14)28-18(17)22-16(23)11-27-19(24)12-7-9-13(21)10-8-12/h7-10H,2-6,11H2,1H3,(H,22,23). The van der Waals surface area contributed by atoms with Crippen molar-refractivity contribution in [2.75, 3.05) is 18.5 Å². The highest BCUT2D eigenvalue weighted by atomic mass is 35.5. The summed E-state index contributed by atoms with van der Waals surface area (Å²) in [4.78, 5) is 37.8. The van der Waals surface area contributed by atoms with Gasteiger partial charge in [0, 0.05) is 9.90 Å². The fourth-order valence-corrected chi connectivity index (χ4v) is 4.46. The molecule has 1 aromatic carbocycles. The Balaban J connectivity index is 1.68. The van der Waals surface area contributed by atoms with Crippen molar-refractivity contribution in [1.29, 1.82) is 0 Å². The van der Waals surface area contributed by atoms with Crippen LogP contribution >= 0.6 is 22.9 Å². The second kappa shape index (κ2) is 9.21. The maximum atomic E-state index is 12.4. The lowest BCUT2D eigenvalue weighted by Gasteiger charge is -2.12. The summed E-state index contributed by atoms with van der Waals surface area (Å²) in [5.41, 5.74) is 1.69. The predicted octanol–water partition coefficient (Wildman–Crippen LogP) is 4.25. The number of carbonyl (C=O) groups excluding carboxylic acids is 3. The summed E-state index contributed by atoms with van der Waals surface area (Å²) in [5.74, 6) is -1.57. The van der Waals surface area contributed by atoms with Crippen LogP contribution in [0.5, 0.6) is 0 Å². The number of hydrogen-bond donors (Lipinski definition) is 1. The van der Waals surface area contributed by atoms with Crippen LogP contribution in [0.15, 0.2) is 24.3 Å². The van der Waals surface area contributed by atoms with Crippen molar-refractivity contribution in [3.63, 3.8) is 0 Å². The van der Waals surface area contributed by atoms with E-state index in [4.69, 9.17) is 21.1 Å². The highest BCUT2D eigenvalue weighted by molar-refractivity contribution is 7.17. The molecule has 8 heteroatoms. The van der Waals surface area contributed by atoms with Crippen LogP contribution < -0.4 is 5.32 Å². The monoisotopic (exact) mass is 421 g/mol. The van der Waals surface area contributed by atoms with E-state index < -0.39 is 24.5 Å². The highest BCUT2D eigenvalue weighted by Crippen LogP contribution is 2.38. The van der Waals surface area contributed by atoms with E-state index in [1.807, 2.05) is 0 Å². The van der Waals surface area contributed by atoms with Crippen LogP contribution in [0, 0.1) is 0 Å². The van der Waals surface area contributed by atoms with Crippen LogP contribution in [-0.2, 0) is 27.1 Å². The molecule has 1 aliphatic carbocycles. The molecule has 3 rings (SSSR count). The number of amides is 1. The Morgan fingerprint density at radius 1 is 1.07 bits per heavy atom. The number of aryl methyl sites for hydroxylation is 1. The Labute approximate surface area is 171 Å². The molecule has 0 radical (unpaired) electrons. The fourth-order valence-electron chi connectivity index (χ4n) is 3.04. The Kier molecular flexibility index (Phi) is 6.70. The van der Waals surface area contributed by atoms with E-state index in [1.54, 1.807) is 19.1 Å². The van der Waals surface area contributed by atoms with E-state index in [9.17, 15) is 14.4 Å². The van der Waals surface area contributed by atoms with Crippen molar-refractivity contribution in [1.82, 2.24) is 0 Å². The number of ether oxygens (including phenoxy) is 2. The molecule has 1 heterocycles. The quantitative estimate of drug-likeness (QED) is 0.705. The molecule has 0 saturated heterocycles. The Morgan fingerprint density at radius 2 is 1.79 bits per heavy atom. The van der Waals surface area contributed by atoms with Crippen molar-refractivity contribution in [3.8, 4) is 0 Å². The van der Waals surface area contributed by atoms with Gasteiger partial charge in [0.1, 0.15) is 5.00 Å². The zero-order valence-corrected chi connectivity index (χ0v) is 17.0. The first-order valence-electron chi connectivity index (χ1n) is 9.03. The lowest BCUT2D eigenvalue weighted by molar-refractivity contribution is -0.119. The third-order valence-corrected chi connectivity index (χ3v) is 5.78. The molecule has 148 valence electrons. The average Bonchev–Trinajstić information content (AvgIpc) is 3.04. The van der Waals surface area contributed by atoms with Gasteiger partial charge in [0.15, 0.2) is 6.61 Å². The number of esters is 2. The Bertz CT molecular complexity index is 891. The zero-order valence-electron chi connectivity index (χ0n) is 15.4. The molecule has 1 aliphatic rings. The fraction of sp³-hybridized carbons (Fsp3) is 0.350. The van der Waals surface area contributed by atoms with Gasteiger partial charge < -0.3 is 14.8 Å². The third kappa shape index (κ3) is 4.72. The summed E-state index contributed by atoms with van der Waals surface area (Å²) in [6.45, 7) is 1.55. The number of carbonyl (C=O) groups is 3. The second-order valence-electron chi connectivity index (χ2n) is 6.27. The summed E-state index contributed by atoms with van der Waals surface area (Å²) >= 11 is 7.18. The van der Waals surface area contributed by atoms with Crippen LogP contribution in [0.2, 0.25) is 5.02 Å². The molecule has 0 unspecified atom stereocenters. The molecule has 0 spiro atoms. The number of halogens is 1. The van der Waals surface area contributed by atoms with Gasteiger partial charge in [0.2, 0.25) is 0 Å². The largest absolute Gasteiger partial charge is 0.462 e. The summed E-state index contributed by atoms with van der Waals surface area (Å²) < 4.78 is 10.2. The van der Waals surface area contributed by atoms with Gasteiger partial charge in [0.05, 0.1) is 17.7 Å². The molecule has 0 fully saturated rings. The number of rotatable bonds is 6. The van der Waals surface area contributed by atoms with Gasteiger partial charge in [-0.3, -0.25) is 4.79 Å². The van der Waals surface area contributed by atoms with Crippen molar-refractivity contribution in [2.45, 2.75) is 32.6 Å². The summed E-state index contributed by atoms with van der Waals surface area (Å²) in [6.07, 6.45) is 3.74. The first kappa shape index (κ1) is 20.4. The highest BCUT2D eigenvalue weighted by Gasteiger charge is 2.27. The van der Waals surface area contributed by atoms with Crippen LogP contribution in [0.1, 0.15) is 50.9 Å². The molecule has 0 atom stereocenters. The van der Waals surface area contributed by atoms with E-state index in [0.717, 1.165) is 36.1 Å². The van der Waals surface area contributed by atoms with E-state index in [0.29, 0.717) is 21.2 Å². The maximum Gasteiger partial charge on any atom is 0.341 e. The van der Waals surface area contributed by atoms with E-state index in [2.05, 4.69) is 5.32 Å². The molecule has 28 heavy (non-hydrogen) atoms. The lowest BCUT2D eigenvalue weighted by Crippen LogP contribution is -2.22. The van der Waals surface area contributed by atoms with Crippen LogP contribution in [-0.4, -0.2) is 31.1 Å². The minimum Gasteiger partial charge on any atom is -0.462 e. The van der Waals surface area contributed by atoms with Crippen LogP contribution in [0.25, 0.3) is 0 Å². The van der Waals surface area contributed by atoms with Gasteiger partial charge in [-0.25, -0.2) is 9.59 Å². The molecule has 0 saturated carbocycles. The van der Waals surface area contributed by atoms with Crippen molar-refractivity contribution in [2.24, 2.45) is 0 Å². The number of thiophene rings is 1. The lowest BCUT2D eigenvalue weighted by atomic mass is 9.95. The third-order valence-electron chi connectivity index (χ3n) is 4.32. The molecule has 2 aromatic rings. The first-order chi connectivity index (χ1) is 13.5. The minimum atomic E-state index is -0.622. The molecule has 0 bridgehead atoms. The van der Waals surface area contributed by atoms with Crippen molar-refractivity contribution < 1.29 is 23.9 Å². The van der Waals surface area contributed by atoms with Gasteiger partial charge in [-0.05, 0) is 62.4 Å². The summed E-state index contributed by atoms with van der Waals surface area (Å²) in [5, 5.41) is 3.66. The molecule has 1 N–H and O–H groups in total.